The first-order valence-electron chi connectivity index (χ1n) is 8.10. The topological polar surface area (TPSA) is 144 Å². The maximum Gasteiger partial charge on any atom is 0.337 e. The summed E-state index contributed by atoms with van der Waals surface area (Å²) < 4.78 is 1.14. The average molecular weight is 402 g/mol. The van der Waals surface area contributed by atoms with E-state index in [0.29, 0.717) is 22.8 Å². The molecule has 0 radical (unpaired) electrons. The monoisotopic (exact) mass is 402 g/mol. The first kappa shape index (κ1) is 19.2. The minimum absolute atomic E-state index is 0.0298. The van der Waals surface area contributed by atoms with Crippen molar-refractivity contribution in [3.8, 4) is 0 Å². The Bertz CT molecular complexity index is 1150. The lowest BCUT2D eigenvalue weighted by molar-refractivity contribution is -0.384. The Hall–Kier alpha value is -3.60. The predicted molar refractivity (Wildman–Crippen MR) is 102 cm³/mol. The van der Waals surface area contributed by atoms with Crippen molar-refractivity contribution in [2.75, 3.05) is 5.32 Å². The molecule has 10 nitrogen and oxygen atoms in total. The number of hydrogen-bond acceptors (Lipinski definition) is 7. The van der Waals surface area contributed by atoms with E-state index >= 15 is 0 Å². The second-order valence-electron chi connectivity index (χ2n) is 5.76. The Labute approximate surface area is 161 Å². The van der Waals surface area contributed by atoms with Crippen LogP contribution < -0.4 is 10.9 Å². The van der Waals surface area contributed by atoms with Crippen molar-refractivity contribution < 1.29 is 19.6 Å². The summed E-state index contributed by atoms with van der Waals surface area (Å²) >= 11 is 1.06. The number of amides is 1. The van der Waals surface area contributed by atoms with Crippen molar-refractivity contribution in [1.29, 1.82) is 0 Å². The van der Waals surface area contributed by atoms with Crippen LogP contribution in [0.5, 0.6) is 0 Å². The van der Waals surface area contributed by atoms with E-state index in [1.165, 1.54) is 29.6 Å². The van der Waals surface area contributed by atoms with E-state index in [1.807, 2.05) is 0 Å². The Morgan fingerprint density at radius 1 is 1.32 bits per heavy atom. The molecule has 0 saturated heterocycles. The summed E-state index contributed by atoms with van der Waals surface area (Å²) in [5, 5.41) is 23.8. The van der Waals surface area contributed by atoms with Gasteiger partial charge in [-0.15, -0.1) is 11.3 Å². The molecule has 0 fully saturated rings. The lowest BCUT2D eigenvalue weighted by atomic mass is 10.2. The molecule has 28 heavy (non-hydrogen) atoms. The van der Waals surface area contributed by atoms with Gasteiger partial charge in [-0.2, -0.15) is 0 Å². The molecule has 0 unspecified atom stereocenters. The molecule has 0 aliphatic carbocycles. The van der Waals surface area contributed by atoms with Gasteiger partial charge in [0.15, 0.2) is 0 Å². The SMILES string of the molecule is CCc1nc2scc(C(=O)O)c2c(=O)n1CC(=O)Nc1ccc([N+](=O)[O-])cc1. The van der Waals surface area contributed by atoms with E-state index in [9.17, 15) is 29.6 Å². The maximum atomic E-state index is 12.8. The number of benzene rings is 1. The number of aryl methyl sites for hydroxylation is 1. The minimum Gasteiger partial charge on any atom is -0.478 e. The summed E-state index contributed by atoms with van der Waals surface area (Å²) in [6, 6.07) is 5.25. The Kier molecular flexibility index (Phi) is 5.18. The normalized spacial score (nSPS) is 10.8. The zero-order chi connectivity index (χ0) is 20.4. The summed E-state index contributed by atoms with van der Waals surface area (Å²) in [6.45, 7) is 1.40. The highest BCUT2D eigenvalue weighted by Gasteiger charge is 2.20. The van der Waals surface area contributed by atoms with E-state index in [4.69, 9.17) is 0 Å². The quantitative estimate of drug-likeness (QED) is 0.475. The Morgan fingerprint density at radius 3 is 2.57 bits per heavy atom. The van der Waals surface area contributed by atoms with Gasteiger partial charge in [-0.05, 0) is 12.1 Å². The molecule has 0 bridgehead atoms. The van der Waals surface area contributed by atoms with Gasteiger partial charge in [-0.3, -0.25) is 24.3 Å². The number of carboxylic acids is 1. The largest absolute Gasteiger partial charge is 0.478 e. The number of carbonyl (C=O) groups is 2. The van der Waals surface area contributed by atoms with Gasteiger partial charge in [-0.25, -0.2) is 9.78 Å². The van der Waals surface area contributed by atoms with Crippen molar-refractivity contribution in [2.45, 2.75) is 19.9 Å². The predicted octanol–water partition coefficient (Wildman–Crippen LogP) is 2.27. The van der Waals surface area contributed by atoms with Crippen LogP contribution in [0.2, 0.25) is 0 Å². The van der Waals surface area contributed by atoms with Crippen molar-refractivity contribution in [3.63, 3.8) is 0 Å². The summed E-state index contributed by atoms with van der Waals surface area (Å²) in [5.41, 5.74) is -0.530. The van der Waals surface area contributed by atoms with Crippen LogP contribution in [0.4, 0.5) is 11.4 Å². The third-order valence-electron chi connectivity index (χ3n) is 3.98. The number of carboxylic acid groups (broad SMARTS) is 1. The molecule has 2 N–H and O–H groups in total. The molecule has 144 valence electrons. The van der Waals surface area contributed by atoms with Gasteiger partial charge in [0, 0.05) is 29.6 Å². The van der Waals surface area contributed by atoms with Crippen LogP contribution in [0, 0.1) is 10.1 Å². The van der Waals surface area contributed by atoms with Crippen molar-refractivity contribution >= 4 is 44.8 Å². The molecular formula is C17H14N4O6S. The maximum absolute atomic E-state index is 12.8. The van der Waals surface area contributed by atoms with Crippen LogP contribution in [0.25, 0.3) is 10.2 Å². The number of anilines is 1. The molecule has 3 aromatic rings. The van der Waals surface area contributed by atoms with E-state index in [2.05, 4.69) is 10.3 Å². The smallest absolute Gasteiger partial charge is 0.337 e. The fourth-order valence-corrected chi connectivity index (χ4v) is 3.59. The molecule has 0 spiro atoms. The lowest BCUT2D eigenvalue weighted by Crippen LogP contribution is -2.31. The number of thiophene rings is 1. The molecule has 0 aliphatic rings. The average Bonchev–Trinajstić information content (AvgIpc) is 3.08. The number of nitrogens with one attached hydrogen (secondary N) is 1. The Morgan fingerprint density at radius 2 is 2.00 bits per heavy atom. The second-order valence-corrected chi connectivity index (χ2v) is 6.62. The number of aromatic nitrogens is 2. The van der Waals surface area contributed by atoms with Crippen LogP contribution in [-0.2, 0) is 17.8 Å². The highest BCUT2D eigenvalue weighted by molar-refractivity contribution is 7.17. The molecule has 0 aliphatic heterocycles. The van der Waals surface area contributed by atoms with E-state index in [0.717, 1.165) is 15.9 Å². The van der Waals surface area contributed by atoms with Crippen molar-refractivity contribution in [3.05, 3.63) is 61.5 Å². The van der Waals surface area contributed by atoms with Gasteiger partial charge >= 0.3 is 5.97 Å². The number of nitro groups is 1. The zero-order valence-electron chi connectivity index (χ0n) is 14.5. The number of aromatic carboxylic acids is 1. The Balaban J connectivity index is 1.92. The summed E-state index contributed by atoms with van der Waals surface area (Å²) in [5.74, 6) is -1.43. The van der Waals surface area contributed by atoms with Crippen LogP contribution in [0.15, 0.2) is 34.4 Å². The van der Waals surface area contributed by atoms with Gasteiger partial charge in [0.25, 0.3) is 11.2 Å². The number of rotatable bonds is 6. The third-order valence-corrected chi connectivity index (χ3v) is 4.86. The van der Waals surface area contributed by atoms with E-state index < -0.39 is 22.4 Å². The molecule has 2 aromatic heterocycles. The van der Waals surface area contributed by atoms with Gasteiger partial charge in [0.2, 0.25) is 5.91 Å². The molecule has 11 heteroatoms. The first-order chi connectivity index (χ1) is 13.3. The molecule has 1 aromatic carbocycles. The number of hydrogen-bond donors (Lipinski definition) is 2. The number of nitrogens with zero attached hydrogens (tertiary/aromatic N) is 3. The standard InChI is InChI=1S/C17H14N4O6S/c1-2-12-19-15-14(11(8-28-15)17(24)25)16(23)20(12)7-13(22)18-9-3-5-10(6-4-9)21(26)27/h3-6,8H,2,7H2,1H3,(H,18,22)(H,24,25). The lowest BCUT2D eigenvalue weighted by Gasteiger charge is -2.11. The molecule has 3 rings (SSSR count). The van der Waals surface area contributed by atoms with Gasteiger partial charge in [-0.1, -0.05) is 6.92 Å². The summed E-state index contributed by atoms with van der Waals surface area (Å²) in [6.07, 6.45) is 0.371. The van der Waals surface area contributed by atoms with Crippen molar-refractivity contribution in [1.82, 2.24) is 9.55 Å². The first-order valence-corrected chi connectivity index (χ1v) is 8.98. The third kappa shape index (κ3) is 3.60. The van der Waals surface area contributed by atoms with Crippen molar-refractivity contribution in [2.24, 2.45) is 0 Å². The number of nitro benzene ring substituents is 1. The fraction of sp³-hybridized carbons (Fsp3) is 0.176. The fourth-order valence-electron chi connectivity index (χ4n) is 2.67. The second kappa shape index (κ2) is 7.56. The molecule has 0 saturated carbocycles. The molecule has 0 atom stereocenters. The molecule has 2 heterocycles. The number of fused-ring (bicyclic) bond motifs is 1. The highest BCUT2D eigenvalue weighted by atomic mass is 32.1. The van der Waals surface area contributed by atoms with Crippen LogP contribution in [0.3, 0.4) is 0 Å². The van der Waals surface area contributed by atoms with E-state index in [1.54, 1.807) is 6.92 Å². The minimum atomic E-state index is -1.24. The van der Waals surface area contributed by atoms with Gasteiger partial charge in [0.05, 0.1) is 15.9 Å². The van der Waals surface area contributed by atoms with Crippen LogP contribution >= 0.6 is 11.3 Å². The van der Waals surface area contributed by atoms with Gasteiger partial charge in [0.1, 0.15) is 17.2 Å². The van der Waals surface area contributed by atoms with Crippen LogP contribution in [-0.4, -0.2) is 31.5 Å². The van der Waals surface area contributed by atoms with Crippen LogP contribution in [0.1, 0.15) is 23.1 Å². The van der Waals surface area contributed by atoms with E-state index in [-0.39, 0.29) is 23.2 Å². The number of non-ortho nitro benzene ring substituents is 1. The zero-order valence-corrected chi connectivity index (χ0v) is 15.4. The summed E-state index contributed by atoms with van der Waals surface area (Å²) in [7, 11) is 0. The molecule has 1 amide bonds. The number of carbonyl (C=O) groups excluding carboxylic acids is 1. The summed E-state index contributed by atoms with van der Waals surface area (Å²) in [4.78, 5) is 51.3. The highest BCUT2D eigenvalue weighted by Crippen LogP contribution is 2.22. The molecular weight excluding hydrogens is 388 g/mol. The van der Waals surface area contributed by atoms with Gasteiger partial charge < -0.3 is 10.4 Å².